The maximum Gasteiger partial charge on any atom is 0.253 e. The van der Waals surface area contributed by atoms with Gasteiger partial charge in [-0.2, -0.15) is 0 Å². The maximum absolute atomic E-state index is 11.6. The van der Waals surface area contributed by atoms with Gasteiger partial charge in [-0.05, 0) is 25.1 Å². The van der Waals surface area contributed by atoms with E-state index in [9.17, 15) is 4.79 Å². The van der Waals surface area contributed by atoms with E-state index < -0.39 is 0 Å². The summed E-state index contributed by atoms with van der Waals surface area (Å²) in [5.41, 5.74) is 0.325. The molecule has 0 aliphatic rings. The first-order valence-electron chi connectivity index (χ1n) is 4.26. The lowest BCUT2D eigenvalue weighted by Gasteiger charge is -2.09. The molecular formula is C11H9Cl2NO. The molecule has 78 valence electrons. The van der Waals surface area contributed by atoms with Crippen molar-refractivity contribution in [2.45, 2.75) is 13.0 Å². The zero-order valence-electron chi connectivity index (χ0n) is 8.05. The van der Waals surface area contributed by atoms with E-state index in [2.05, 4.69) is 11.2 Å². The summed E-state index contributed by atoms with van der Waals surface area (Å²) in [6.07, 6.45) is 5.14. The summed E-state index contributed by atoms with van der Waals surface area (Å²) >= 11 is 11.6. The van der Waals surface area contributed by atoms with E-state index in [4.69, 9.17) is 29.6 Å². The normalized spacial score (nSPS) is 11.6. The summed E-state index contributed by atoms with van der Waals surface area (Å²) in [7, 11) is 0. The van der Waals surface area contributed by atoms with Crippen molar-refractivity contribution in [2.24, 2.45) is 0 Å². The summed E-state index contributed by atoms with van der Waals surface area (Å²) in [5, 5.41) is 3.40. The van der Waals surface area contributed by atoms with Crippen LogP contribution in [0, 0.1) is 12.3 Å². The second-order valence-corrected chi connectivity index (χ2v) is 3.83. The third-order valence-corrected chi connectivity index (χ3v) is 2.34. The van der Waals surface area contributed by atoms with E-state index in [0.717, 1.165) is 0 Å². The molecule has 1 unspecified atom stereocenters. The standard InChI is InChI=1S/C11H9Cl2NO/c1-3-7(2)14-11(15)9-6-8(12)4-5-10(9)13/h1,4-7H,2H3,(H,14,15). The number of halogens is 2. The Morgan fingerprint density at radius 3 is 2.80 bits per heavy atom. The topological polar surface area (TPSA) is 29.1 Å². The fraction of sp³-hybridized carbons (Fsp3) is 0.182. The Balaban J connectivity index is 2.92. The van der Waals surface area contributed by atoms with Crippen LogP contribution >= 0.6 is 23.2 Å². The number of terminal acetylenes is 1. The van der Waals surface area contributed by atoms with E-state index in [1.165, 1.54) is 6.07 Å². The predicted molar refractivity (Wildman–Crippen MR) is 62.2 cm³/mol. The molecule has 0 fully saturated rings. The van der Waals surface area contributed by atoms with Gasteiger partial charge in [0.05, 0.1) is 16.6 Å². The minimum atomic E-state index is -0.340. The third-order valence-electron chi connectivity index (χ3n) is 1.77. The van der Waals surface area contributed by atoms with Gasteiger partial charge in [-0.1, -0.05) is 29.1 Å². The zero-order chi connectivity index (χ0) is 11.4. The molecule has 1 aromatic rings. The van der Waals surface area contributed by atoms with Crippen LogP contribution in [-0.2, 0) is 0 Å². The van der Waals surface area contributed by atoms with Crippen LogP contribution in [0.15, 0.2) is 18.2 Å². The highest BCUT2D eigenvalue weighted by molar-refractivity contribution is 6.35. The highest BCUT2D eigenvalue weighted by Gasteiger charge is 2.12. The van der Waals surface area contributed by atoms with Crippen LogP contribution in [0.1, 0.15) is 17.3 Å². The van der Waals surface area contributed by atoms with E-state index in [0.29, 0.717) is 15.6 Å². The number of hydrogen-bond donors (Lipinski definition) is 1. The molecule has 0 aliphatic carbocycles. The molecule has 0 saturated carbocycles. The summed E-state index contributed by atoms with van der Waals surface area (Å²) in [6, 6.07) is 4.35. The van der Waals surface area contributed by atoms with E-state index >= 15 is 0 Å². The predicted octanol–water partition coefficient (Wildman–Crippen LogP) is 2.74. The molecule has 2 nitrogen and oxygen atoms in total. The minimum Gasteiger partial charge on any atom is -0.339 e. The van der Waals surface area contributed by atoms with Gasteiger partial charge in [0, 0.05) is 5.02 Å². The molecule has 1 N–H and O–H groups in total. The highest BCUT2D eigenvalue weighted by Crippen LogP contribution is 2.20. The zero-order valence-corrected chi connectivity index (χ0v) is 9.56. The first-order valence-corrected chi connectivity index (χ1v) is 5.02. The molecule has 15 heavy (non-hydrogen) atoms. The van der Waals surface area contributed by atoms with Crippen LogP contribution in [0.4, 0.5) is 0 Å². The number of rotatable bonds is 2. The first-order chi connectivity index (χ1) is 7.04. The molecule has 0 saturated heterocycles. The van der Waals surface area contributed by atoms with Gasteiger partial charge >= 0.3 is 0 Å². The van der Waals surface area contributed by atoms with E-state index in [1.54, 1.807) is 19.1 Å². The van der Waals surface area contributed by atoms with Crippen molar-refractivity contribution in [1.82, 2.24) is 5.32 Å². The van der Waals surface area contributed by atoms with Gasteiger partial charge < -0.3 is 5.32 Å². The van der Waals surface area contributed by atoms with Crippen molar-refractivity contribution in [3.63, 3.8) is 0 Å². The van der Waals surface area contributed by atoms with Crippen molar-refractivity contribution in [3.8, 4) is 12.3 Å². The highest BCUT2D eigenvalue weighted by atomic mass is 35.5. The molecule has 0 heterocycles. The fourth-order valence-electron chi connectivity index (χ4n) is 0.988. The van der Waals surface area contributed by atoms with Crippen LogP contribution in [-0.4, -0.2) is 11.9 Å². The Kier molecular flexibility index (Phi) is 4.02. The molecule has 0 radical (unpaired) electrons. The molecule has 0 aromatic heterocycles. The van der Waals surface area contributed by atoms with E-state index in [-0.39, 0.29) is 11.9 Å². The summed E-state index contributed by atoms with van der Waals surface area (Å²) in [5.74, 6) is 2.07. The number of benzene rings is 1. The van der Waals surface area contributed by atoms with Gasteiger partial charge in [-0.15, -0.1) is 6.42 Å². The Labute approximate surface area is 98.6 Å². The molecule has 1 amide bonds. The van der Waals surface area contributed by atoms with Gasteiger partial charge in [0.1, 0.15) is 0 Å². The Bertz CT molecular complexity index is 423. The summed E-state index contributed by atoms with van der Waals surface area (Å²) < 4.78 is 0. The largest absolute Gasteiger partial charge is 0.339 e. The second kappa shape index (κ2) is 5.06. The lowest BCUT2D eigenvalue weighted by atomic mass is 10.2. The van der Waals surface area contributed by atoms with Crippen LogP contribution in [0.2, 0.25) is 10.0 Å². The third kappa shape index (κ3) is 3.16. The molecule has 1 atom stereocenters. The van der Waals surface area contributed by atoms with Crippen LogP contribution in [0.3, 0.4) is 0 Å². The molecule has 0 spiro atoms. The van der Waals surface area contributed by atoms with Gasteiger partial charge in [0.2, 0.25) is 0 Å². The van der Waals surface area contributed by atoms with Crippen LogP contribution < -0.4 is 5.32 Å². The lowest BCUT2D eigenvalue weighted by molar-refractivity contribution is 0.0948. The van der Waals surface area contributed by atoms with Gasteiger partial charge in [-0.3, -0.25) is 4.79 Å². The molecule has 0 bridgehead atoms. The van der Waals surface area contributed by atoms with Crippen molar-refractivity contribution < 1.29 is 4.79 Å². The maximum atomic E-state index is 11.6. The molecule has 1 rings (SSSR count). The number of carbonyl (C=O) groups is 1. The summed E-state index contributed by atoms with van der Waals surface area (Å²) in [6.45, 7) is 1.70. The number of carbonyl (C=O) groups excluding carboxylic acids is 1. The number of amides is 1. The SMILES string of the molecule is C#CC(C)NC(=O)c1cc(Cl)ccc1Cl. The monoisotopic (exact) mass is 241 g/mol. The first kappa shape index (κ1) is 11.9. The Hall–Kier alpha value is -1.17. The summed E-state index contributed by atoms with van der Waals surface area (Å²) in [4.78, 5) is 11.6. The van der Waals surface area contributed by atoms with Crippen molar-refractivity contribution >= 4 is 29.1 Å². The molecule has 1 aromatic carbocycles. The van der Waals surface area contributed by atoms with E-state index in [1.807, 2.05) is 0 Å². The Morgan fingerprint density at radius 1 is 1.53 bits per heavy atom. The van der Waals surface area contributed by atoms with Crippen molar-refractivity contribution in [2.75, 3.05) is 0 Å². The van der Waals surface area contributed by atoms with Gasteiger partial charge in [0.15, 0.2) is 0 Å². The van der Waals surface area contributed by atoms with Crippen LogP contribution in [0.5, 0.6) is 0 Å². The number of nitrogens with one attached hydrogen (secondary N) is 1. The average Bonchev–Trinajstić information content (AvgIpc) is 2.21. The average molecular weight is 242 g/mol. The molecule has 4 heteroatoms. The minimum absolute atomic E-state index is 0.325. The van der Waals surface area contributed by atoms with Gasteiger partial charge in [-0.25, -0.2) is 0 Å². The van der Waals surface area contributed by atoms with Crippen molar-refractivity contribution in [1.29, 1.82) is 0 Å². The fourth-order valence-corrected chi connectivity index (χ4v) is 1.36. The van der Waals surface area contributed by atoms with Crippen LogP contribution in [0.25, 0.3) is 0 Å². The molecule has 0 aliphatic heterocycles. The van der Waals surface area contributed by atoms with Gasteiger partial charge in [0.25, 0.3) is 5.91 Å². The smallest absolute Gasteiger partial charge is 0.253 e. The second-order valence-electron chi connectivity index (χ2n) is 2.99. The Morgan fingerprint density at radius 2 is 2.20 bits per heavy atom. The lowest BCUT2D eigenvalue weighted by Crippen LogP contribution is -2.31. The van der Waals surface area contributed by atoms with Crippen molar-refractivity contribution in [3.05, 3.63) is 33.8 Å². The number of hydrogen-bond acceptors (Lipinski definition) is 1. The quantitative estimate of drug-likeness (QED) is 0.794. The molecular weight excluding hydrogens is 233 g/mol.